The van der Waals surface area contributed by atoms with Crippen LogP contribution in [-0.4, -0.2) is 23.2 Å². The van der Waals surface area contributed by atoms with Crippen LogP contribution in [0.1, 0.15) is 0 Å². The minimum atomic E-state index is -0.692. The van der Waals surface area contributed by atoms with Crippen LogP contribution >= 0.6 is 0 Å². The third-order valence-electron chi connectivity index (χ3n) is 2.39. The van der Waals surface area contributed by atoms with E-state index >= 15 is 0 Å². The fourth-order valence-corrected chi connectivity index (χ4v) is 1.63. The second-order valence-corrected chi connectivity index (χ2v) is 3.46. The van der Waals surface area contributed by atoms with Gasteiger partial charge in [0.1, 0.15) is 13.7 Å². The summed E-state index contributed by atoms with van der Waals surface area (Å²) >= 11 is 0. The molecule has 2 rings (SSSR count). The van der Waals surface area contributed by atoms with Gasteiger partial charge in [0.15, 0.2) is 0 Å². The second kappa shape index (κ2) is 4.79. The summed E-state index contributed by atoms with van der Waals surface area (Å²) in [7, 11) is 1.25. The monoisotopic (exact) mass is 248 g/mol. The van der Waals surface area contributed by atoms with Crippen molar-refractivity contribution in [1.82, 2.24) is 9.46 Å². The molecule has 0 unspecified atom stereocenters. The summed E-state index contributed by atoms with van der Waals surface area (Å²) in [6.07, 6.45) is 1.50. The Morgan fingerprint density at radius 1 is 1.28 bits per heavy atom. The van der Waals surface area contributed by atoms with Gasteiger partial charge in [-0.15, -0.1) is 4.73 Å². The molecule has 0 saturated heterocycles. The fourth-order valence-electron chi connectivity index (χ4n) is 1.63. The van der Waals surface area contributed by atoms with E-state index in [2.05, 4.69) is 6.58 Å². The molecule has 94 valence electrons. The van der Waals surface area contributed by atoms with Crippen molar-refractivity contribution in [2.24, 2.45) is 0 Å². The highest BCUT2D eigenvalue weighted by atomic mass is 16.7. The Morgan fingerprint density at radius 3 is 2.67 bits per heavy atom. The number of fused-ring (bicyclic) bond motifs is 1. The molecule has 0 aliphatic carbocycles. The second-order valence-electron chi connectivity index (χ2n) is 3.46. The molecule has 2 aromatic rings. The minimum Gasteiger partial charge on any atom is -0.409 e. The molecule has 1 heterocycles. The van der Waals surface area contributed by atoms with Gasteiger partial charge in [-0.05, 0) is 12.1 Å². The smallest absolute Gasteiger partial charge is 0.398 e. The van der Waals surface area contributed by atoms with E-state index in [9.17, 15) is 9.59 Å². The maximum absolute atomic E-state index is 12.0. The summed E-state index contributed by atoms with van der Waals surface area (Å²) in [5, 5.41) is 0.336. The number of aromatic nitrogens is 2. The average Bonchev–Trinajstić information content (AvgIpc) is 2.39. The van der Waals surface area contributed by atoms with Gasteiger partial charge in [0.2, 0.25) is 0 Å². The van der Waals surface area contributed by atoms with Crippen LogP contribution < -0.4 is 20.9 Å². The normalized spacial score (nSPS) is 10.3. The van der Waals surface area contributed by atoms with Gasteiger partial charge >= 0.3 is 5.69 Å². The van der Waals surface area contributed by atoms with Crippen LogP contribution in [0.25, 0.3) is 10.9 Å². The highest BCUT2D eigenvalue weighted by Crippen LogP contribution is 2.05. The molecule has 6 nitrogen and oxygen atoms in total. The van der Waals surface area contributed by atoms with Crippen molar-refractivity contribution < 1.29 is 9.68 Å². The van der Waals surface area contributed by atoms with Crippen LogP contribution in [0, 0.1) is 0 Å². The zero-order valence-electron chi connectivity index (χ0n) is 9.83. The Bertz CT molecular complexity index is 699. The van der Waals surface area contributed by atoms with Crippen LogP contribution in [0.5, 0.6) is 0 Å². The van der Waals surface area contributed by atoms with Gasteiger partial charge in [-0.1, -0.05) is 29.5 Å². The summed E-state index contributed by atoms with van der Waals surface area (Å²) in [5.41, 5.74) is -0.817. The van der Waals surface area contributed by atoms with Crippen molar-refractivity contribution in [1.29, 1.82) is 0 Å². The van der Waals surface area contributed by atoms with E-state index in [4.69, 9.17) is 9.68 Å². The molecule has 0 radical (unpaired) electrons. The third-order valence-corrected chi connectivity index (χ3v) is 2.39. The van der Waals surface area contributed by atoms with Gasteiger partial charge in [0.25, 0.3) is 5.56 Å². The number of rotatable bonds is 4. The Balaban J connectivity index is 2.85. The lowest BCUT2D eigenvalue weighted by Gasteiger charge is -2.12. The van der Waals surface area contributed by atoms with Crippen molar-refractivity contribution in [2.75, 3.05) is 13.7 Å². The third kappa shape index (κ3) is 1.77. The molecule has 0 aliphatic rings. The lowest BCUT2D eigenvalue weighted by Crippen LogP contribution is -2.44. The lowest BCUT2D eigenvalue weighted by atomic mass is 10.2. The Kier molecular flexibility index (Phi) is 3.18. The van der Waals surface area contributed by atoms with E-state index in [0.29, 0.717) is 15.6 Å². The maximum atomic E-state index is 12.0. The van der Waals surface area contributed by atoms with E-state index in [1.54, 1.807) is 24.3 Å². The van der Waals surface area contributed by atoms with Crippen molar-refractivity contribution in [3.63, 3.8) is 0 Å². The zero-order valence-corrected chi connectivity index (χ0v) is 9.83. The summed E-state index contributed by atoms with van der Waals surface area (Å²) in [6.45, 7) is 3.65. The number of hydrogen-bond acceptors (Lipinski definition) is 4. The molecular formula is C12H12N2O4. The topological polar surface area (TPSA) is 62.5 Å². The maximum Gasteiger partial charge on any atom is 0.398 e. The number of benzene rings is 1. The molecule has 0 atom stereocenters. The number of para-hydroxylation sites is 1. The lowest BCUT2D eigenvalue weighted by molar-refractivity contribution is 0.0860. The van der Waals surface area contributed by atoms with Crippen LogP contribution in [0.4, 0.5) is 0 Å². The molecular weight excluding hydrogens is 236 g/mol. The Labute approximate surface area is 102 Å². The molecule has 0 spiro atoms. The molecule has 6 heteroatoms. The number of hydrogen-bond donors (Lipinski definition) is 0. The molecule has 0 fully saturated rings. The predicted octanol–water partition coefficient (Wildman–Crippen LogP) is -0.164. The first-order chi connectivity index (χ1) is 8.70. The Morgan fingerprint density at radius 2 is 2.00 bits per heavy atom. The molecule has 0 aliphatic heterocycles. The summed E-state index contributed by atoms with van der Waals surface area (Å²) < 4.78 is 1.66. The largest absolute Gasteiger partial charge is 0.409 e. The van der Waals surface area contributed by atoms with E-state index in [0.717, 1.165) is 4.73 Å². The Hall–Kier alpha value is -2.50. The van der Waals surface area contributed by atoms with Crippen molar-refractivity contribution in [3.8, 4) is 0 Å². The van der Waals surface area contributed by atoms with E-state index < -0.39 is 11.2 Å². The van der Waals surface area contributed by atoms with Gasteiger partial charge in [-0.2, -0.15) is 0 Å². The molecule has 0 amide bonds. The van der Waals surface area contributed by atoms with Gasteiger partial charge in [0.05, 0.1) is 10.9 Å². The van der Waals surface area contributed by atoms with Gasteiger partial charge < -0.3 is 9.68 Å². The standard InChI is InChI=1S/C12H12N2O4/c1-3-8-18-13-10-7-5-4-6-9(10)11(15)14(17-2)12(13)16/h3-7H,1,8H2,2H3. The minimum absolute atomic E-state index is 0.145. The van der Waals surface area contributed by atoms with E-state index in [1.807, 2.05) is 0 Å². The predicted molar refractivity (Wildman–Crippen MR) is 66.6 cm³/mol. The molecule has 0 saturated carbocycles. The first kappa shape index (κ1) is 12.0. The van der Waals surface area contributed by atoms with Gasteiger partial charge in [-0.3, -0.25) is 4.79 Å². The van der Waals surface area contributed by atoms with Crippen LogP contribution in [0.2, 0.25) is 0 Å². The van der Waals surface area contributed by atoms with Crippen LogP contribution in [0.3, 0.4) is 0 Å². The highest BCUT2D eigenvalue weighted by molar-refractivity contribution is 5.77. The molecule has 0 bridgehead atoms. The SMILES string of the molecule is C=CCOn1c(=O)n(OC)c(=O)c2ccccc21. The summed E-state index contributed by atoms with van der Waals surface area (Å²) in [6, 6.07) is 6.64. The van der Waals surface area contributed by atoms with Gasteiger partial charge in [-0.25, -0.2) is 4.79 Å². The molecule has 1 aromatic heterocycles. The van der Waals surface area contributed by atoms with Crippen LogP contribution in [-0.2, 0) is 0 Å². The fraction of sp³-hybridized carbons (Fsp3) is 0.167. The van der Waals surface area contributed by atoms with E-state index in [1.165, 1.54) is 13.2 Å². The molecule has 18 heavy (non-hydrogen) atoms. The van der Waals surface area contributed by atoms with E-state index in [-0.39, 0.29) is 6.61 Å². The average molecular weight is 248 g/mol. The van der Waals surface area contributed by atoms with Crippen LogP contribution in [0.15, 0.2) is 46.5 Å². The molecule has 1 aromatic carbocycles. The first-order valence-electron chi connectivity index (χ1n) is 5.26. The molecule has 0 N–H and O–H groups in total. The van der Waals surface area contributed by atoms with Gasteiger partial charge in [0, 0.05) is 0 Å². The first-order valence-corrected chi connectivity index (χ1v) is 5.26. The van der Waals surface area contributed by atoms with Crippen molar-refractivity contribution >= 4 is 10.9 Å². The van der Waals surface area contributed by atoms with Crippen molar-refractivity contribution in [2.45, 2.75) is 0 Å². The highest BCUT2D eigenvalue weighted by Gasteiger charge is 2.13. The van der Waals surface area contributed by atoms with Crippen molar-refractivity contribution in [3.05, 3.63) is 57.8 Å². The quantitative estimate of drug-likeness (QED) is 0.705. The number of nitrogens with zero attached hydrogens (tertiary/aromatic N) is 2. The summed E-state index contributed by atoms with van der Waals surface area (Å²) in [4.78, 5) is 34.0. The zero-order chi connectivity index (χ0) is 13.1. The summed E-state index contributed by atoms with van der Waals surface area (Å²) in [5.74, 6) is 0.